The first-order valence-electron chi connectivity index (χ1n) is 6.45. The number of hydrogen-bond acceptors (Lipinski definition) is 4. The Morgan fingerprint density at radius 3 is 2.60 bits per heavy atom. The lowest BCUT2D eigenvalue weighted by Gasteiger charge is -2.37. The van der Waals surface area contributed by atoms with Crippen molar-refractivity contribution in [3.8, 4) is 0 Å². The molecule has 2 N–H and O–H groups in total. The van der Waals surface area contributed by atoms with Gasteiger partial charge in [-0.05, 0) is 24.5 Å². The fraction of sp³-hybridized carbons (Fsp3) is 0.538. The second-order valence-corrected chi connectivity index (χ2v) is 7.04. The Kier molecular flexibility index (Phi) is 4.29. The van der Waals surface area contributed by atoms with Crippen molar-refractivity contribution < 1.29 is 17.2 Å². The number of nitrogens with zero attached hydrogens (tertiary/aromatic N) is 1. The van der Waals surface area contributed by atoms with Crippen molar-refractivity contribution in [1.29, 1.82) is 0 Å². The Morgan fingerprint density at radius 1 is 1.35 bits per heavy atom. The SMILES string of the molecule is CC1CN(c2ccccc2S(=O)(=O)C(F)F)CCC1N. The number of halogens is 2. The number of alkyl halides is 2. The Balaban J connectivity index is 2.39. The standard InChI is InChI=1S/C13H18F2N2O2S/c1-9-8-17(7-6-10(9)16)11-4-2-3-5-12(11)20(18,19)13(14)15/h2-5,9-10,13H,6-8,16H2,1H3. The minimum Gasteiger partial charge on any atom is -0.370 e. The summed E-state index contributed by atoms with van der Waals surface area (Å²) in [6.07, 6.45) is 0.713. The minimum absolute atomic E-state index is 0.0603. The van der Waals surface area contributed by atoms with Crippen molar-refractivity contribution >= 4 is 15.5 Å². The zero-order valence-electron chi connectivity index (χ0n) is 11.2. The first-order valence-corrected chi connectivity index (χ1v) is 8.00. The molecular weight excluding hydrogens is 286 g/mol. The summed E-state index contributed by atoms with van der Waals surface area (Å²) >= 11 is 0. The Hall–Kier alpha value is -1.21. The third-order valence-electron chi connectivity index (χ3n) is 3.72. The van der Waals surface area contributed by atoms with Gasteiger partial charge in [0.2, 0.25) is 9.84 Å². The zero-order valence-corrected chi connectivity index (χ0v) is 12.0. The molecule has 1 saturated heterocycles. The number of piperidine rings is 1. The molecule has 2 unspecified atom stereocenters. The summed E-state index contributed by atoms with van der Waals surface area (Å²) in [6.45, 7) is 3.11. The van der Waals surface area contributed by atoms with E-state index in [1.165, 1.54) is 12.1 Å². The van der Waals surface area contributed by atoms with Gasteiger partial charge in [0.15, 0.2) is 0 Å². The van der Waals surface area contributed by atoms with Crippen LogP contribution in [0.1, 0.15) is 13.3 Å². The molecule has 4 nitrogen and oxygen atoms in total. The predicted molar refractivity (Wildman–Crippen MR) is 73.6 cm³/mol. The molecule has 0 aromatic heterocycles. The van der Waals surface area contributed by atoms with Crippen LogP contribution in [-0.2, 0) is 9.84 Å². The average molecular weight is 304 g/mol. The van der Waals surface area contributed by atoms with Gasteiger partial charge in [-0.1, -0.05) is 19.1 Å². The number of hydrogen-bond donors (Lipinski definition) is 1. The third kappa shape index (κ3) is 2.78. The molecule has 1 aromatic rings. The summed E-state index contributed by atoms with van der Waals surface area (Å²) < 4.78 is 49.0. The van der Waals surface area contributed by atoms with Crippen LogP contribution in [0.25, 0.3) is 0 Å². The summed E-state index contributed by atoms with van der Waals surface area (Å²) in [4.78, 5) is 1.51. The molecule has 7 heteroatoms. The van der Waals surface area contributed by atoms with Crippen molar-refractivity contribution in [3.05, 3.63) is 24.3 Å². The van der Waals surface area contributed by atoms with E-state index in [0.29, 0.717) is 25.2 Å². The molecule has 1 heterocycles. The van der Waals surface area contributed by atoms with Crippen molar-refractivity contribution in [2.75, 3.05) is 18.0 Å². The molecule has 0 spiro atoms. The largest absolute Gasteiger partial charge is 0.370 e. The molecule has 1 fully saturated rings. The zero-order chi connectivity index (χ0) is 14.9. The highest BCUT2D eigenvalue weighted by Crippen LogP contribution is 2.31. The maximum atomic E-state index is 12.8. The van der Waals surface area contributed by atoms with Crippen LogP contribution in [0.5, 0.6) is 0 Å². The highest BCUT2D eigenvalue weighted by atomic mass is 32.2. The van der Waals surface area contributed by atoms with E-state index in [4.69, 9.17) is 5.73 Å². The maximum absolute atomic E-state index is 12.8. The molecule has 0 saturated carbocycles. The monoisotopic (exact) mass is 304 g/mol. The molecule has 2 atom stereocenters. The third-order valence-corrected chi connectivity index (χ3v) is 5.15. The maximum Gasteiger partial charge on any atom is 0.341 e. The van der Waals surface area contributed by atoms with Gasteiger partial charge in [-0.25, -0.2) is 8.42 Å². The first kappa shape index (κ1) is 15.2. The second kappa shape index (κ2) is 5.65. The van der Waals surface area contributed by atoms with Crippen molar-refractivity contribution in [2.45, 2.75) is 30.0 Å². The summed E-state index contributed by atoms with van der Waals surface area (Å²) in [7, 11) is -4.59. The number of nitrogens with two attached hydrogens (primary N) is 1. The van der Waals surface area contributed by atoms with Gasteiger partial charge in [0, 0.05) is 19.1 Å². The van der Waals surface area contributed by atoms with Crippen LogP contribution in [0, 0.1) is 5.92 Å². The van der Waals surface area contributed by atoms with E-state index in [-0.39, 0.29) is 16.9 Å². The van der Waals surface area contributed by atoms with Gasteiger partial charge < -0.3 is 10.6 Å². The van der Waals surface area contributed by atoms with Crippen molar-refractivity contribution in [2.24, 2.45) is 11.7 Å². The molecule has 0 bridgehead atoms. The van der Waals surface area contributed by atoms with Crippen molar-refractivity contribution in [3.63, 3.8) is 0 Å². The number of benzene rings is 1. The van der Waals surface area contributed by atoms with Crippen LogP contribution in [0.15, 0.2) is 29.2 Å². The predicted octanol–water partition coefficient (Wildman–Crippen LogP) is 1.86. The van der Waals surface area contributed by atoms with E-state index in [0.717, 1.165) is 0 Å². The topological polar surface area (TPSA) is 63.4 Å². The van der Waals surface area contributed by atoms with E-state index < -0.39 is 15.6 Å². The fourth-order valence-corrected chi connectivity index (χ4v) is 3.39. The normalized spacial score (nSPS) is 24.1. The highest BCUT2D eigenvalue weighted by Gasteiger charge is 2.32. The lowest BCUT2D eigenvalue weighted by Crippen LogP contribution is -2.46. The highest BCUT2D eigenvalue weighted by molar-refractivity contribution is 7.91. The summed E-state index contributed by atoms with van der Waals surface area (Å²) in [6, 6.07) is 5.97. The molecule has 1 aliphatic rings. The van der Waals surface area contributed by atoms with Crippen LogP contribution < -0.4 is 10.6 Å². The lowest BCUT2D eigenvalue weighted by atomic mass is 9.94. The number of rotatable bonds is 3. The summed E-state index contributed by atoms with van der Waals surface area (Å²) in [5.74, 6) is -3.22. The molecule has 2 rings (SSSR count). The Morgan fingerprint density at radius 2 is 2.00 bits per heavy atom. The Labute approximate surface area is 117 Å². The average Bonchev–Trinajstić information content (AvgIpc) is 2.41. The van der Waals surface area contributed by atoms with Crippen LogP contribution in [-0.4, -0.2) is 33.3 Å². The molecule has 20 heavy (non-hydrogen) atoms. The lowest BCUT2D eigenvalue weighted by molar-refractivity contribution is 0.234. The minimum atomic E-state index is -4.59. The number of para-hydroxylation sites is 1. The van der Waals surface area contributed by atoms with E-state index in [9.17, 15) is 17.2 Å². The van der Waals surface area contributed by atoms with Gasteiger partial charge in [0.1, 0.15) is 0 Å². The molecule has 0 amide bonds. The number of sulfone groups is 1. The van der Waals surface area contributed by atoms with E-state index in [2.05, 4.69) is 0 Å². The van der Waals surface area contributed by atoms with Gasteiger partial charge in [0.25, 0.3) is 0 Å². The molecule has 0 aliphatic carbocycles. The fourth-order valence-electron chi connectivity index (χ4n) is 2.44. The van der Waals surface area contributed by atoms with E-state index in [1.54, 1.807) is 12.1 Å². The van der Waals surface area contributed by atoms with Crippen LogP contribution >= 0.6 is 0 Å². The van der Waals surface area contributed by atoms with Gasteiger partial charge >= 0.3 is 5.76 Å². The van der Waals surface area contributed by atoms with E-state index in [1.807, 2.05) is 11.8 Å². The van der Waals surface area contributed by atoms with E-state index >= 15 is 0 Å². The number of anilines is 1. The van der Waals surface area contributed by atoms with Gasteiger partial charge in [0.05, 0.1) is 10.6 Å². The molecule has 1 aromatic carbocycles. The van der Waals surface area contributed by atoms with Crippen LogP contribution in [0.4, 0.5) is 14.5 Å². The van der Waals surface area contributed by atoms with Crippen LogP contribution in [0.3, 0.4) is 0 Å². The molecule has 112 valence electrons. The molecular formula is C13H18F2N2O2S. The van der Waals surface area contributed by atoms with Gasteiger partial charge in [-0.3, -0.25) is 0 Å². The summed E-state index contributed by atoms with van der Waals surface area (Å²) in [5.41, 5.74) is 6.27. The van der Waals surface area contributed by atoms with Gasteiger partial charge in [-0.15, -0.1) is 0 Å². The molecule has 0 radical (unpaired) electrons. The second-order valence-electron chi connectivity index (χ2n) is 5.15. The quantitative estimate of drug-likeness (QED) is 0.926. The first-order chi connectivity index (χ1) is 9.34. The van der Waals surface area contributed by atoms with Crippen molar-refractivity contribution in [1.82, 2.24) is 0 Å². The molecule has 1 aliphatic heterocycles. The Bertz CT molecular complexity index is 577. The summed E-state index contributed by atoms with van der Waals surface area (Å²) in [5, 5.41) is 0. The van der Waals surface area contributed by atoms with Crippen LogP contribution in [0.2, 0.25) is 0 Å². The van der Waals surface area contributed by atoms with Gasteiger partial charge in [-0.2, -0.15) is 8.78 Å². The smallest absolute Gasteiger partial charge is 0.341 e.